The van der Waals surface area contributed by atoms with Crippen LogP contribution in [-0.4, -0.2) is 50.5 Å². The van der Waals surface area contributed by atoms with Crippen LogP contribution in [0.5, 0.6) is 0 Å². The lowest BCUT2D eigenvalue weighted by Crippen LogP contribution is -2.64. The highest BCUT2D eigenvalue weighted by atomic mass is 35.5. The topological polar surface area (TPSA) is 96.3 Å². The average Bonchev–Trinajstić information content (AvgIpc) is 3.38. The molecule has 1 fully saturated rings. The van der Waals surface area contributed by atoms with E-state index >= 15 is 0 Å². The summed E-state index contributed by atoms with van der Waals surface area (Å²) in [7, 11) is 0. The number of carbonyl (C=O) groups is 3. The molecule has 0 radical (unpaired) electrons. The van der Waals surface area contributed by atoms with Gasteiger partial charge < -0.3 is 15.5 Å². The van der Waals surface area contributed by atoms with E-state index in [1.54, 1.807) is 36.1 Å². The van der Waals surface area contributed by atoms with E-state index in [1.807, 2.05) is 6.92 Å². The van der Waals surface area contributed by atoms with E-state index in [0.717, 1.165) is 25.7 Å². The molecule has 9 heteroatoms. The number of aromatic nitrogens is 2. The van der Waals surface area contributed by atoms with Crippen LogP contribution in [0, 0.1) is 0 Å². The first-order valence-electron chi connectivity index (χ1n) is 10.6. The summed E-state index contributed by atoms with van der Waals surface area (Å²) in [5.74, 6) is -0.940. The summed E-state index contributed by atoms with van der Waals surface area (Å²) < 4.78 is 1.47. The molecule has 2 heterocycles. The quantitative estimate of drug-likeness (QED) is 0.742. The number of likely N-dealkylation sites (N-methyl/N-ethyl adjacent to an activating group) is 1. The summed E-state index contributed by atoms with van der Waals surface area (Å²) >= 11 is 5.97. The fraction of sp³-hybridized carbons (Fsp3) is 0.455. The average molecular weight is 444 g/mol. The number of hydrogen-bond acceptors (Lipinski definition) is 4. The van der Waals surface area contributed by atoms with Crippen LogP contribution >= 0.6 is 11.6 Å². The molecule has 0 saturated heterocycles. The van der Waals surface area contributed by atoms with Gasteiger partial charge in [-0.1, -0.05) is 30.5 Å². The Labute approximate surface area is 185 Å². The van der Waals surface area contributed by atoms with Gasteiger partial charge >= 0.3 is 0 Å². The van der Waals surface area contributed by atoms with Crippen molar-refractivity contribution in [3.63, 3.8) is 0 Å². The second kappa shape index (κ2) is 8.34. The van der Waals surface area contributed by atoms with Gasteiger partial charge in [0, 0.05) is 29.4 Å². The zero-order valence-corrected chi connectivity index (χ0v) is 18.4. The number of amides is 3. The molecule has 1 aliphatic heterocycles. The summed E-state index contributed by atoms with van der Waals surface area (Å²) in [5, 5.41) is 10.7. The number of fused-ring (bicyclic) bond motifs is 1. The Morgan fingerprint density at radius 2 is 2.00 bits per heavy atom. The van der Waals surface area contributed by atoms with E-state index in [4.69, 9.17) is 11.6 Å². The molecular formula is C22H26ClN5O3. The van der Waals surface area contributed by atoms with Crippen LogP contribution in [0.4, 0.5) is 5.69 Å². The molecule has 2 aromatic rings. The van der Waals surface area contributed by atoms with Gasteiger partial charge in [0.1, 0.15) is 11.2 Å². The van der Waals surface area contributed by atoms with Gasteiger partial charge in [-0.15, -0.1) is 0 Å². The largest absolute Gasteiger partial charge is 0.351 e. The minimum Gasteiger partial charge on any atom is -0.351 e. The molecule has 1 atom stereocenters. The minimum atomic E-state index is -1.08. The van der Waals surface area contributed by atoms with Crippen LogP contribution in [0.15, 0.2) is 30.3 Å². The van der Waals surface area contributed by atoms with Crippen molar-refractivity contribution in [3.8, 4) is 0 Å². The van der Waals surface area contributed by atoms with Crippen molar-refractivity contribution in [2.45, 2.75) is 57.7 Å². The molecule has 0 spiro atoms. The monoisotopic (exact) mass is 443 g/mol. The van der Waals surface area contributed by atoms with Gasteiger partial charge in [-0.25, -0.2) is 0 Å². The SMILES string of the molecule is CCN1C(=O)c2cc(C(=O)Nc3cccc(Cl)c3)nn2CC1(C)C(=O)NC1CCCC1. The molecule has 1 aliphatic carbocycles. The number of carbonyl (C=O) groups excluding carboxylic acids is 3. The number of rotatable bonds is 5. The van der Waals surface area contributed by atoms with Gasteiger partial charge in [0.15, 0.2) is 5.69 Å². The third-order valence-corrected chi connectivity index (χ3v) is 6.34. The molecule has 1 aromatic heterocycles. The molecular weight excluding hydrogens is 418 g/mol. The highest BCUT2D eigenvalue weighted by Gasteiger charge is 2.48. The van der Waals surface area contributed by atoms with Crippen LogP contribution in [0.1, 0.15) is 60.5 Å². The maximum absolute atomic E-state index is 13.2. The van der Waals surface area contributed by atoms with E-state index in [-0.39, 0.29) is 30.1 Å². The molecule has 31 heavy (non-hydrogen) atoms. The van der Waals surface area contributed by atoms with Crippen LogP contribution in [0.3, 0.4) is 0 Å². The molecule has 2 aliphatic rings. The highest BCUT2D eigenvalue weighted by molar-refractivity contribution is 6.31. The first kappa shape index (κ1) is 21.4. The minimum absolute atomic E-state index is 0.111. The third kappa shape index (κ3) is 4.04. The molecule has 164 valence electrons. The van der Waals surface area contributed by atoms with E-state index < -0.39 is 11.4 Å². The van der Waals surface area contributed by atoms with Gasteiger partial charge in [0.05, 0.1) is 6.54 Å². The second-order valence-corrected chi connectivity index (χ2v) is 8.75. The van der Waals surface area contributed by atoms with Crippen molar-refractivity contribution in [1.82, 2.24) is 20.0 Å². The lowest BCUT2D eigenvalue weighted by molar-refractivity contribution is -0.133. The summed E-state index contributed by atoms with van der Waals surface area (Å²) in [5.41, 5.74) is -0.136. The summed E-state index contributed by atoms with van der Waals surface area (Å²) in [6.07, 6.45) is 4.13. The zero-order valence-electron chi connectivity index (χ0n) is 17.7. The van der Waals surface area contributed by atoms with Crippen molar-refractivity contribution in [2.24, 2.45) is 0 Å². The Balaban J connectivity index is 1.58. The van der Waals surface area contributed by atoms with Crippen molar-refractivity contribution < 1.29 is 14.4 Å². The number of benzene rings is 1. The Bertz CT molecular complexity index is 1030. The number of nitrogens with one attached hydrogen (secondary N) is 2. The van der Waals surface area contributed by atoms with Crippen molar-refractivity contribution >= 4 is 35.0 Å². The van der Waals surface area contributed by atoms with E-state index in [2.05, 4.69) is 15.7 Å². The van der Waals surface area contributed by atoms with E-state index in [1.165, 1.54) is 10.7 Å². The lowest BCUT2D eigenvalue weighted by atomic mass is 9.94. The Kier molecular flexibility index (Phi) is 5.75. The van der Waals surface area contributed by atoms with Crippen LogP contribution in [-0.2, 0) is 11.3 Å². The lowest BCUT2D eigenvalue weighted by Gasteiger charge is -2.43. The third-order valence-electron chi connectivity index (χ3n) is 6.11. The smallest absolute Gasteiger partial charge is 0.276 e. The highest BCUT2D eigenvalue weighted by Crippen LogP contribution is 2.29. The molecule has 3 amide bonds. The molecule has 1 aromatic carbocycles. The summed E-state index contributed by atoms with van der Waals surface area (Å²) in [6, 6.07) is 8.41. The van der Waals surface area contributed by atoms with E-state index in [9.17, 15) is 14.4 Å². The normalized spacial score (nSPS) is 21.1. The van der Waals surface area contributed by atoms with Crippen molar-refractivity contribution in [3.05, 3.63) is 46.7 Å². The fourth-order valence-electron chi connectivity index (χ4n) is 4.42. The van der Waals surface area contributed by atoms with Crippen LogP contribution < -0.4 is 10.6 Å². The maximum atomic E-state index is 13.2. The standard InChI is InChI=1S/C22H26ClN5O3/c1-3-27-20(30)18-12-17(19(29)24-16-10-6-7-14(23)11-16)26-28(18)13-22(27,2)21(31)25-15-8-4-5-9-15/h6-7,10-12,15H,3-5,8-9,13H2,1-2H3,(H,24,29)(H,25,31). The predicted octanol–water partition coefficient (Wildman–Crippen LogP) is 3.08. The fourth-order valence-corrected chi connectivity index (χ4v) is 4.61. The molecule has 4 rings (SSSR count). The van der Waals surface area contributed by atoms with Gasteiger partial charge in [-0.3, -0.25) is 19.1 Å². The molecule has 2 N–H and O–H groups in total. The van der Waals surface area contributed by atoms with Gasteiger partial charge in [0.2, 0.25) is 5.91 Å². The Morgan fingerprint density at radius 3 is 2.68 bits per heavy atom. The van der Waals surface area contributed by atoms with Gasteiger partial charge in [0.25, 0.3) is 11.8 Å². The summed E-state index contributed by atoms with van der Waals surface area (Å²) in [6.45, 7) is 4.17. The van der Waals surface area contributed by atoms with Crippen molar-refractivity contribution in [2.75, 3.05) is 11.9 Å². The zero-order chi connectivity index (χ0) is 22.2. The van der Waals surface area contributed by atoms with Gasteiger partial charge in [-0.05, 0) is 44.9 Å². The summed E-state index contributed by atoms with van der Waals surface area (Å²) in [4.78, 5) is 40.6. The Hall–Kier alpha value is -2.87. The molecule has 1 saturated carbocycles. The molecule has 0 bridgehead atoms. The number of hydrogen-bond donors (Lipinski definition) is 2. The first-order valence-corrected chi connectivity index (χ1v) is 11.0. The number of nitrogens with zero attached hydrogens (tertiary/aromatic N) is 3. The maximum Gasteiger partial charge on any atom is 0.276 e. The van der Waals surface area contributed by atoms with Gasteiger partial charge in [-0.2, -0.15) is 5.10 Å². The molecule has 1 unspecified atom stereocenters. The van der Waals surface area contributed by atoms with E-state index in [0.29, 0.717) is 22.9 Å². The van der Waals surface area contributed by atoms with Crippen LogP contribution in [0.25, 0.3) is 0 Å². The van der Waals surface area contributed by atoms with Crippen LogP contribution in [0.2, 0.25) is 5.02 Å². The first-order chi connectivity index (χ1) is 14.8. The predicted molar refractivity (Wildman–Crippen MR) is 117 cm³/mol. The number of halogens is 1. The van der Waals surface area contributed by atoms with Crippen molar-refractivity contribution in [1.29, 1.82) is 0 Å². The number of anilines is 1. The second-order valence-electron chi connectivity index (χ2n) is 8.32. The Morgan fingerprint density at radius 1 is 1.26 bits per heavy atom. The molecule has 8 nitrogen and oxygen atoms in total.